The summed E-state index contributed by atoms with van der Waals surface area (Å²) >= 11 is 0. The van der Waals surface area contributed by atoms with Crippen molar-refractivity contribution >= 4 is 12.0 Å². The largest absolute Gasteiger partial charge is 0.465 e. The van der Waals surface area contributed by atoms with Gasteiger partial charge in [-0.15, -0.1) is 0 Å². The number of carbonyl (C=O) groups excluding carboxylic acids is 1. The van der Waals surface area contributed by atoms with Gasteiger partial charge in [0.2, 0.25) is 0 Å². The molecule has 0 atom stereocenters. The second-order valence-corrected chi connectivity index (χ2v) is 4.94. The highest BCUT2D eigenvalue weighted by Crippen LogP contribution is 2.20. The lowest BCUT2D eigenvalue weighted by molar-refractivity contribution is 0.0982. The topological polar surface area (TPSA) is 110 Å². The van der Waals surface area contributed by atoms with Crippen LogP contribution in [0.25, 0.3) is 10.4 Å². The number of hydrogen-bond donors (Lipinski definition) is 1. The molecule has 2 amide bonds. The van der Waals surface area contributed by atoms with Crippen LogP contribution >= 0.6 is 0 Å². The maximum absolute atomic E-state index is 14.3. The van der Waals surface area contributed by atoms with Gasteiger partial charge in [0.25, 0.3) is 5.91 Å². The van der Waals surface area contributed by atoms with Crippen molar-refractivity contribution in [1.82, 2.24) is 9.80 Å². The minimum Gasteiger partial charge on any atom is -0.465 e. The van der Waals surface area contributed by atoms with E-state index in [4.69, 9.17) is 10.6 Å². The fourth-order valence-corrected chi connectivity index (χ4v) is 2.34. The zero-order valence-corrected chi connectivity index (χ0v) is 11.9. The van der Waals surface area contributed by atoms with Crippen molar-refractivity contribution in [2.75, 3.05) is 26.2 Å². The summed E-state index contributed by atoms with van der Waals surface area (Å²) in [7, 11) is 0. The number of amides is 2. The molecule has 0 aliphatic carbocycles. The van der Waals surface area contributed by atoms with Crippen molar-refractivity contribution in [2.45, 2.75) is 6.54 Å². The van der Waals surface area contributed by atoms with Crippen LogP contribution in [0.15, 0.2) is 17.2 Å². The van der Waals surface area contributed by atoms with Crippen LogP contribution in [0, 0.1) is 11.6 Å². The van der Waals surface area contributed by atoms with Crippen LogP contribution < -0.4 is 0 Å². The fraction of sp³-hybridized carbons (Fsp3) is 0.385. The molecule has 0 bridgehead atoms. The summed E-state index contributed by atoms with van der Waals surface area (Å²) in [6, 6.07) is 2.15. The van der Waals surface area contributed by atoms with Crippen molar-refractivity contribution in [1.29, 1.82) is 0 Å². The summed E-state index contributed by atoms with van der Waals surface area (Å²) in [5.74, 6) is -3.48. The number of rotatable bonds is 3. The Labute approximate surface area is 129 Å². The third kappa shape index (κ3) is 3.74. The number of azide groups is 1. The minimum atomic E-state index is -1.32. The van der Waals surface area contributed by atoms with Crippen molar-refractivity contribution in [2.24, 2.45) is 5.11 Å². The highest BCUT2D eigenvalue weighted by Gasteiger charge is 2.24. The monoisotopic (exact) mass is 325 g/mol. The van der Waals surface area contributed by atoms with Gasteiger partial charge in [-0.3, -0.25) is 9.69 Å². The van der Waals surface area contributed by atoms with E-state index in [0.717, 1.165) is 6.07 Å². The van der Waals surface area contributed by atoms with Gasteiger partial charge >= 0.3 is 6.09 Å². The Kier molecular flexibility index (Phi) is 5.09. The number of nitrogens with zero attached hydrogens (tertiary/aromatic N) is 5. The lowest BCUT2D eigenvalue weighted by atomic mass is 10.1. The van der Waals surface area contributed by atoms with Gasteiger partial charge in [0.15, 0.2) is 0 Å². The summed E-state index contributed by atoms with van der Waals surface area (Å²) in [6.07, 6.45) is -1.01. The van der Waals surface area contributed by atoms with E-state index in [1.165, 1.54) is 11.0 Å². The molecule has 1 fully saturated rings. The van der Waals surface area contributed by atoms with E-state index in [1.54, 1.807) is 4.90 Å². The van der Waals surface area contributed by atoms with E-state index in [9.17, 15) is 18.4 Å². The van der Waals surface area contributed by atoms with Crippen molar-refractivity contribution in [3.05, 3.63) is 45.3 Å². The molecule has 10 heteroatoms. The van der Waals surface area contributed by atoms with Crippen LogP contribution in [0.5, 0.6) is 0 Å². The van der Waals surface area contributed by atoms with Gasteiger partial charge in [0.1, 0.15) is 11.6 Å². The average Bonchev–Trinajstić information content (AvgIpc) is 2.51. The Hall–Kier alpha value is -2.71. The molecular formula is C13H13F2N5O3. The predicted molar refractivity (Wildman–Crippen MR) is 74.7 cm³/mol. The number of halogens is 2. The Balaban J connectivity index is 2.15. The van der Waals surface area contributed by atoms with Crippen LogP contribution in [0.1, 0.15) is 15.9 Å². The van der Waals surface area contributed by atoms with E-state index < -0.39 is 29.2 Å². The van der Waals surface area contributed by atoms with Crippen molar-refractivity contribution < 1.29 is 23.5 Å². The molecule has 0 spiro atoms. The Morgan fingerprint density at radius 3 is 2.48 bits per heavy atom. The van der Waals surface area contributed by atoms with E-state index in [2.05, 4.69) is 10.0 Å². The zero-order valence-electron chi connectivity index (χ0n) is 11.9. The van der Waals surface area contributed by atoms with Crippen molar-refractivity contribution in [3.63, 3.8) is 0 Å². The molecule has 8 nitrogen and oxygen atoms in total. The molecule has 0 aromatic heterocycles. The molecule has 1 saturated heterocycles. The van der Waals surface area contributed by atoms with Gasteiger partial charge in [-0.1, -0.05) is 6.07 Å². The predicted octanol–water partition coefficient (Wildman–Crippen LogP) is 2.21. The minimum absolute atomic E-state index is 0.0756. The first-order valence-electron chi connectivity index (χ1n) is 6.70. The normalized spacial score (nSPS) is 15.1. The standard InChI is InChI=1S/C13H13F2N5O3/c14-9-2-1-8(11(15)10(9)12(21)17-18-16)7-19-3-5-20(6-4-19)13(22)23/h1-2H,3-7H2,(H,22,23). The molecule has 122 valence electrons. The second kappa shape index (κ2) is 7.03. The highest BCUT2D eigenvalue weighted by atomic mass is 19.1. The quantitative estimate of drug-likeness (QED) is 0.522. The maximum Gasteiger partial charge on any atom is 0.407 e. The van der Waals surface area contributed by atoms with E-state index in [0.29, 0.717) is 13.1 Å². The van der Waals surface area contributed by atoms with E-state index >= 15 is 0 Å². The van der Waals surface area contributed by atoms with Crippen LogP contribution in [0.3, 0.4) is 0 Å². The second-order valence-electron chi connectivity index (χ2n) is 4.94. The molecule has 1 heterocycles. The molecule has 1 aromatic rings. The Bertz CT molecular complexity index is 682. The molecule has 2 rings (SSSR count). The zero-order chi connectivity index (χ0) is 17.0. The van der Waals surface area contributed by atoms with Crippen LogP contribution in [0.4, 0.5) is 13.6 Å². The number of hydrogen-bond acceptors (Lipinski definition) is 3. The molecular weight excluding hydrogens is 312 g/mol. The summed E-state index contributed by atoms with van der Waals surface area (Å²) in [4.78, 5) is 27.6. The highest BCUT2D eigenvalue weighted by molar-refractivity contribution is 5.95. The smallest absolute Gasteiger partial charge is 0.407 e. The van der Waals surface area contributed by atoms with Crippen LogP contribution in [-0.4, -0.2) is 53.1 Å². The van der Waals surface area contributed by atoms with Crippen molar-refractivity contribution in [3.8, 4) is 0 Å². The SMILES string of the molecule is [N-]=[N+]=NC(=O)c1c(F)ccc(CN2CCN(C(=O)O)CC2)c1F. The fourth-order valence-electron chi connectivity index (χ4n) is 2.34. The first-order valence-corrected chi connectivity index (χ1v) is 6.70. The summed E-state index contributed by atoms with van der Waals surface area (Å²) in [5.41, 5.74) is 7.40. The lowest BCUT2D eigenvalue weighted by Crippen LogP contribution is -2.47. The maximum atomic E-state index is 14.3. The summed E-state index contributed by atoms with van der Waals surface area (Å²) < 4.78 is 27.9. The molecule has 1 N–H and O–H groups in total. The van der Waals surface area contributed by atoms with E-state index in [-0.39, 0.29) is 25.2 Å². The van der Waals surface area contributed by atoms with E-state index in [1.807, 2.05) is 0 Å². The summed E-state index contributed by atoms with van der Waals surface area (Å²) in [5, 5.41) is 11.6. The molecule has 23 heavy (non-hydrogen) atoms. The van der Waals surface area contributed by atoms with Gasteiger partial charge < -0.3 is 10.0 Å². The van der Waals surface area contributed by atoms with Gasteiger partial charge in [-0.05, 0) is 16.7 Å². The van der Waals surface area contributed by atoms with Gasteiger partial charge in [-0.25, -0.2) is 13.6 Å². The molecule has 1 aromatic carbocycles. The van der Waals surface area contributed by atoms with Gasteiger partial charge in [0.05, 0.1) is 5.56 Å². The first kappa shape index (κ1) is 16.7. The number of piperazine rings is 1. The van der Waals surface area contributed by atoms with Gasteiger partial charge in [0, 0.05) is 43.2 Å². The summed E-state index contributed by atoms with van der Waals surface area (Å²) in [6.45, 7) is 1.44. The molecule has 0 saturated carbocycles. The van der Waals surface area contributed by atoms with Crippen LogP contribution in [-0.2, 0) is 6.54 Å². The lowest BCUT2D eigenvalue weighted by Gasteiger charge is -2.33. The molecule has 1 aliphatic heterocycles. The Morgan fingerprint density at radius 2 is 1.91 bits per heavy atom. The van der Waals surface area contributed by atoms with Gasteiger partial charge in [-0.2, -0.15) is 0 Å². The first-order chi connectivity index (χ1) is 10.9. The number of carboxylic acid groups (broad SMARTS) is 1. The van der Waals surface area contributed by atoms with Crippen LogP contribution in [0.2, 0.25) is 0 Å². The molecule has 0 radical (unpaired) electrons. The number of benzene rings is 1. The Morgan fingerprint density at radius 1 is 1.26 bits per heavy atom. The third-order valence-corrected chi connectivity index (χ3v) is 3.56. The number of carbonyl (C=O) groups is 2. The molecule has 1 aliphatic rings. The third-order valence-electron chi connectivity index (χ3n) is 3.56. The average molecular weight is 325 g/mol. The molecule has 0 unspecified atom stereocenters.